The number of rotatable bonds is 5. The summed E-state index contributed by atoms with van der Waals surface area (Å²) in [6.45, 7) is 2.00. The summed E-state index contributed by atoms with van der Waals surface area (Å²) in [7, 11) is 0. The number of nitrogens with one attached hydrogen (secondary N) is 2. The first-order valence-corrected chi connectivity index (χ1v) is 10.8. The van der Waals surface area contributed by atoms with E-state index in [4.69, 9.17) is 16.6 Å². The van der Waals surface area contributed by atoms with Crippen LogP contribution in [0.1, 0.15) is 18.4 Å². The number of halogens is 1. The van der Waals surface area contributed by atoms with Gasteiger partial charge in [-0.15, -0.1) is 11.3 Å². The van der Waals surface area contributed by atoms with Crippen LogP contribution in [0.15, 0.2) is 48.9 Å². The zero-order chi connectivity index (χ0) is 20.7. The van der Waals surface area contributed by atoms with E-state index in [1.54, 1.807) is 18.6 Å². The molecule has 6 nitrogen and oxygen atoms in total. The highest BCUT2D eigenvalue weighted by molar-refractivity contribution is 7.18. The minimum Gasteiger partial charge on any atom is -0.344 e. The third-order valence-electron chi connectivity index (χ3n) is 4.93. The molecule has 0 spiro atoms. The zero-order valence-corrected chi connectivity index (χ0v) is 17.7. The first-order chi connectivity index (χ1) is 14.6. The van der Waals surface area contributed by atoms with Crippen molar-refractivity contribution in [2.24, 2.45) is 5.92 Å². The quantitative estimate of drug-likeness (QED) is 0.429. The number of pyridine rings is 1. The van der Waals surface area contributed by atoms with Crippen LogP contribution < -0.4 is 5.32 Å². The number of anilines is 1. The Morgan fingerprint density at radius 1 is 1.20 bits per heavy atom. The van der Waals surface area contributed by atoms with Gasteiger partial charge in [0.2, 0.25) is 5.91 Å². The van der Waals surface area contributed by atoms with Gasteiger partial charge in [0.05, 0.1) is 15.6 Å². The molecule has 4 aromatic rings. The molecule has 3 aromatic heterocycles. The molecule has 30 heavy (non-hydrogen) atoms. The van der Waals surface area contributed by atoms with Crippen LogP contribution in [0.3, 0.4) is 0 Å². The first kappa shape index (κ1) is 19.0. The summed E-state index contributed by atoms with van der Waals surface area (Å²) in [4.78, 5) is 29.8. The molecular formula is C22H18ClN5OS. The summed E-state index contributed by atoms with van der Waals surface area (Å²) >= 11 is 8.07. The van der Waals surface area contributed by atoms with Crippen LogP contribution in [0.5, 0.6) is 0 Å². The highest BCUT2D eigenvalue weighted by Crippen LogP contribution is 2.42. The Balaban J connectivity index is 1.57. The standard InChI is InChI=1S/C22H18ClN5OS/c1-12-2-5-15(16(23)10-12)18-19(20-25-8-9-26-20)30-22(28-18)14-6-7-24-17(11-14)27-21(29)13-3-4-13/h2,5-11,13H,3-4H2,1H3,(H,25,26)(H,24,27,29). The Kier molecular flexibility index (Phi) is 4.84. The molecule has 0 unspecified atom stereocenters. The second-order valence-electron chi connectivity index (χ2n) is 7.31. The molecule has 5 rings (SSSR count). The second-order valence-corrected chi connectivity index (χ2v) is 8.72. The maximum absolute atomic E-state index is 12.1. The predicted octanol–water partition coefficient (Wildman–Crippen LogP) is 5.57. The Morgan fingerprint density at radius 3 is 2.80 bits per heavy atom. The van der Waals surface area contributed by atoms with Crippen molar-refractivity contribution in [2.75, 3.05) is 5.32 Å². The number of carbonyl (C=O) groups is 1. The van der Waals surface area contributed by atoms with Crippen molar-refractivity contribution in [1.29, 1.82) is 0 Å². The van der Waals surface area contributed by atoms with Gasteiger partial charge in [-0.25, -0.2) is 15.0 Å². The number of amides is 1. The van der Waals surface area contributed by atoms with Crippen LogP contribution in [0.25, 0.3) is 32.5 Å². The van der Waals surface area contributed by atoms with Crippen LogP contribution >= 0.6 is 22.9 Å². The lowest BCUT2D eigenvalue weighted by Crippen LogP contribution is -2.14. The number of carbonyl (C=O) groups excluding carboxylic acids is 1. The van der Waals surface area contributed by atoms with Gasteiger partial charge in [0, 0.05) is 35.6 Å². The van der Waals surface area contributed by atoms with Gasteiger partial charge < -0.3 is 10.3 Å². The fourth-order valence-corrected chi connectivity index (χ4v) is 4.55. The average molecular weight is 436 g/mol. The fourth-order valence-electron chi connectivity index (χ4n) is 3.19. The predicted molar refractivity (Wildman–Crippen MR) is 119 cm³/mol. The van der Waals surface area contributed by atoms with Gasteiger partial charge in [0.1, 0.15) is 16.6 Å². The van der Waals surface area contributed by atoms with E-state index in [0.717, 1.165) is 50.9 Å². The number of nitrogens with zero attached hydrogens (tertiary/aromatic N) is 3. The van der Waals surface area contributed by atoms with Gasteiger partial charge >= 0.3 is 0 Å². The minimum atomic E-state index is 0.0298. The molecule has 1 fully saturated rings. The zero-order valence-electron chi connectivity index (χ0n) is 16.1. The molecule has 1 aliphatic carbocycles. The molecule has 1 aliphatic rings. The number of benzene rings is 1. The third-order valence-corrected chi connectivity index (χ3v) is 6.35. The molecule has 0 bridgehead atoms. The molecule has 1 saturated carbocycles. The molecule has 0 radical (unpaired) electrons. The lowest BCUT2D eigenvalue weighted by atomic mass is 10.1. The molecule has 150 valence electrons. The number of imidazole rings is 1. The van der Waals surface area contributed by atoms with Gasteiger partial charge in [-0.05, 0) is 43.5 Å². The van der Waals surface area contributed by atoms with Crippen molar-refractivity contribution < 1.29 is 4.79 Å². The van der Waals surface area contributed by atoms with Crippen molar-refractivity contribution in [3.63, 3.8) is 0 Å². The van der Waals surface area contributed by atoms with E-state index in [2.05, 4.69) is 20.3 Å². The number of aromatic nitrogens is 4. The normalized spacial score (nSPS) is 13.4. The Labute approximate surface area is 182 Å². The van der Waals surface area contributed by atoms with Crippen molar-refractivity contribution in [3.8, 4) is 32.5 Å². The fraction of sp³-hybridized carbons (Fsp3) is 0.182. The van der Waals surface area contributed by atoms with E-state index in [0.29, 0.717) is 10.8 Å². The van der Waals surface area contributed by atoms with Crippen LogP contribution in [0, 0.1) is 12.8 Å². The Bertz CT molecular complexity index is 1230. The molecular weight excluding hydrogens is 418 g/mol. The van der Waals surface area contributed by atoms with Crippen LogP contribution in [-0.2, 0) is 4.79 Å². The number of aromatic amines is 1. The van der Waals surface area contributed by atoms with Gasteiger partial charge in [-0.2, -0.15) is 0 Å². The highest BCUT2D eigenvalue weighted by Gasteiger charge is 2.30. The lowest BCUT2D eigenvalue weighted by Gasteiger charge is -2.05. The van der Waals surface area contributed by atoms with Crippen LogP contribution in [0.2, 0.25) is 5.02 Å². The largest absolute Gasteiger partial charge is 0.344 e. The maximum Gasteiger partial charge on any atom is 0.228 e. The summed E-state index contributed by atoms with van der Waals surface area (Å²) < 4.78 is 0. The van der Waals surface area contributed by atoms with Crippen molar-refractivity contribution in [3.05, 3.63) is 59.5 Å². The molecule has 2 N–H and O–H groups in total. The van der Waals surface area contributed by atoms with Gasteiger partial charge in [-0.1, -0.05) is 23.7 Å². The Hall–Kier alpha value is -3.03. The van der Waals surface area contributed by atoms with E-state index < -0.39 is 0 Å². The molecule has 0 atom stereocenters. The summed E-state index contributed by atoms with van der Waals surface area (Å²) in [6.07, 6.45) is 7.08. The third kappa shape index (κ3) is 3.74. The molecule has 1 aromatic carbocycles. The number of hydrogen-bond donors (Lipinski definition) is 2. The summed E-state index contributed by atoms with van der Waals surface area (Å²) in [5.74, 6) is 1.43. The smallest absolute Gasteiger partial charge is 0.228 e. The van der Waals surface area contributed by atoms with Gasteiger partial charge in [0.25, 0.3) is 0 Å². The summed E-state index contributed by atoms with van der Waals surface area (Å²) in [5, 5.41) is 4.35. The minimum absolute atomic E-state index is 0.0298. The van der Waals surface area contributed by atoms with Crippen molar-refractivity contribution in [2.45, 2.75) is 19.8 Å². The highest BCUT2D eigenvalue weighted by atomic mass is 35.5. The number of hydrogen-bond acceptors (Lipinski definition) is 5. The number of aryl methyl sites for hydroxylation is 1. The second kappa shape index (κ2) is 7.66. The van der Waals surface area contributed by atoms with Crippen LogP contribution in [-0.4, -0.2) is 25.8 Å². The maximum atomic E-state index is 12.1. The van der Waals surface area contributed by atoms with Crippen molar-refractivity contribution in [1.82, 2.24) is 19.9 Å². The molecule has 0 saturated heterocycles. The molecule has 0 aliphatic heterocycles. The average Bonchev–Trinajstić information content (AvgIpc) is 3.27. The van der Waals surface area contributed by atoms with E-state index in [1.807, 2.05) is 37.3 Å². The molecule has 1 amide bonds. The van der Waals surface area contributed by atoms with E-state index in [-0.39, 0.29) is 11.8 Å². The topological polar surface area (TPSA) is 83.6 Å². The molecule has 8 heteroatoms. The molecule has 3 heterocycles. The SMILES string of the molecule is Cc1ccc(-c2nc(-c3ccnc(NC(=O)C4CC4)c3)sc2-c2ncc[nH]2)c(Cl)c1. The number of thiazole rings is 1. The van der Waals surface area contributed by atoms with E-state index in [1.165, 1.54) is 11.3 Å². The summed E-state index contributed by atoms with van der Waals surface area (Å²) in [5.41, 5.74) is 3.59. The number of H-pyrrole nitrogens is 1. The van der Waals surface area contributed by atoms with E-state index >= 15 is 0 Å². The van der Waals surface area contributed by atoms with Crippen LogP contribution in [0.4, 0.5) is 5.82 Å². The monoisotopic (exact) mass is 435 g/mol. The lowest BCUT2D eigenvalue weighted by molar-refractivity contribution is -0.117. The van der Waals surface area contributed by atoms with Gasteiger partial charge in [0.15, 0.2) is 0 Å². The first-order valence-electron chi connectivity index (χ1n) is 9.63. The van der Waals surface area contributed by atoms with Gasteiger partial charge in [-0.3, -0.25) is 4.79 Å². The Morgan fingerprint density at radius 2 is 2.07 bits per heavy atom. The van der Waals surface area contributed by atoms with E-state index in [9.17, 15) is 4.79 Å². The van der Waals surface area contributed by atoms with Crippen molar-refractivity contribution >= 4 is 34.7 Å². The summed E-state index contributed by atoms with van der Waals surface area (Å²) in [6, 6.07) is 9.67.